The molecule has 0 unspecified atom stereocenters. The van der Waals surface area contributed by atoms with Gasteiger partial charge in [0.1, 0.15) is 0 Å². The second-order valence-electron chi connectivity index (χ2n) is 8.21. The predicted molar refractivity (Wildman–Crippen MR) is 128 cm³/mol. The summed E-state index contributed by atoms with van der Waals surface area (Å²) in [7, 11) is 0. The lowest BCUT2D eigenvalue weighted by Gasteiger charge is -2.30. The van der Waals surface area contributed by atoms with Gasteiger partial charge in [0, 0.05) is 24.7 Å². The van der Waals surface area contributed by atoms with Gasteiger partial charge >= 0.3 is 0 Å². The Balaban J connectivity index is 0.000000807. The van der Waals surface area contributed by atoms with Crippen LogP contribution in [-0.2, 0) is 5.41 Å². The monoisotopic (exact) mass is 427 g/mol. The third-order valence-electron chi connectivity index (χ3n) is 5.09. The van der Waals surface area contributed by atoms with Crippen LogP contribution < -0.4 is 10.5 Å². The third kappa shape index (κ3) is 5.73. The van der Waals surface area contributed by atoms with Crippen LogP contribution in [0.2, 0.25) is 0 Å². The van der Waals surface area contributed by atoms with Crippen LogP contribution in [0.15, 0.2) is 35.1 Å². The van der Waals surface area contributed by atoms with Crippen molar-refractivity contribution in [3.05, 3.63) is 46.2 Å². The van der Waals surface area contributed by atoms with Crippen LogP contribution in [-0.4, -0.2) is 43.9 Å². The minimum Gasteiger partial charge on any atom is -0.393 e. The highest BCUT2D eigenvalue weighted by Crippen LogP contribution is 2.26. The van der Waals surface area contributed by atoms with Crippen LogP contribution in [0, 0.1) is 0 Å². The van der Waals surface area contributed by atoms with Gasteiger partial charge in [-0.2, -0.15) is 4.98 Å². The van der Waals surface area contributed by atoms with Crippen LogP contribution in [0.25, 0.3) is 17.0 Å². The lowest BCUT2D eigenvalue weighted by atomic mass is 9.87. The highest BCUT2D eigenvalue weighted by molar-refractivity contribution is 5.61. The van der Waals surface area contributed by atoms with E-state index >= 15 is 0 Å². The van der Waals surface area contributed by atoms with E-state index < -0.39 is 0 Å². The van der Waals surface area contributed by atoms with Crippen LogP contribution in [0.1, 0.15) is 66.9 Å². The molecule has 1 aliphatic rings. The van der Waals surface area contributed by atoms with Gasteiger partial charge in [0.05, 0.1) is 6.10 Å². The molecule has 7 nitrogen and oxygen atoms in total. The molecule has 7 heteroatoms. The van der Waals surface area contributed by atoms with Gasteiger partial charge < -0.3 is 10.0 Å². The van der Waals surface area contributed by atoms with Crippen molar-refractivity contribution in [2.75, 3.05) is 18.0 Å². The molecule has 3 heterocycles. The zero-order valence-electron chi connectivity index (χ0n) is 19.9. The first-order valence-corrected chi connectivity index (χ1v) is 11.3. The van der Waals surface area contributed by atoms with E-state index in [1.165, 1.54) is 11.6 Å². The van der Waals surface area contributed by atoms with Gasteiger partial charge in [-0.1, -0.05) is 72.7 Å². The number of fused-ring (bicyclic) bond motifs is 1. The fraction of sp³-hybridized carbons (Fsp3) is 0.542. The Morgan fingerprint density at radius 1 is 1.00 bits per heavy atom. The van der Waals surface area contributed by atoms with E-state index in [4.69, 9.17) is 4.98 Å². The molecule has 2 N–H and O–H groups in total. The molecule has 1 fully saturated rings. The van der Waals surface area contributed by atoms with Crippen molar-refractivity contribution in [2.24, 2.45) is 0 Å². The van der Waals surface area contributed by atoms with Gasteiger partial charge in [-0.15, -0.1) is 0 Å². The molecule has 1 aromatic carbocycles. The Labute approximate surface area is 185 Å². The van der Waals surface area contributed by atoms with Gasteiger partial charge in [0.25, 0.3) is 5.56 Å². The van der Waals surface area contributed by atoms with Gasteiger partial charge in [0.15, 0.2) is 11.5 Å². The molecule has 0 aliphatic carbocycles. The number of nitrogens with zero attached hydrogens (tertiary/aromatic N) is 4. The maximum atomic E-state index is 11.9. The summed E-state index contributed by atoms with van der Waals surface area (Å²) >= 11 is 0. The van der Waals surface area contributed by atoms with Crippen molar-refractivity contribution in [2.45, 2.75) is 72.8 Å². The van der Waals surface area contributed by atoms with E-state index in [-0.39, 0.29) is 17.1 Å². The summed E-state index contributed by atoms with van der Waals surface area (Å²) in [6, 6.07) is 9.74. The number of nitrogens with one attached hydrogen (secondary N) is 1. The number of aromatic nitrogens is 4. The average molecular weight is 428 g/mol. The predicted octanol–water partition coefficient (Wildman–Crippen LogP) is 4.40. The number of hydrogen-bond acceptors (Lipinski definition) is 5. The van der Waals surface area contributed by atoms with Gasteiger partial charge in [0.2, 0.25) is 5.95 Å². The summed E-state index contributed by atoms with van der Waals surface area (Å²) in [5.41, 5.74) is 2.58. The van der Waals surface area contributed by atoms with Crippen molar-refractivity contribution in [3.8, 4) is 11.4 Å². The quantitative estimate of drug-likeness (QED) is 0.633. The molecule has 0 atom stereocenters. The molecule has 0 spiro atoms. The first-order valence-electron chi connectivity index (χ1n) is 11.3. The summed E-state index contributed by atoms with van der Waals surface area (Å²) in [4.78, 5) is 23.3. The summed E-state index contributed by atoms with van der Waals surface area (Å²) in [6.45, 7) is 15.9. The average Bonchev–Trinajstić information content (AvgIpc) is 3.16. The molecule has 3 aromatic rings. The number of aliphatic hydroxyl groups is 1. The van der Waals surface area contributed by atoms with E-state index in [1.807, 2.05) is 39.8 Å². The Bertz CT molecular complexity index is 1010. The summed E-state index contributed by atoms with van der Waals surface area (Å²) in [6.07, 6.45) is 1.10. The number of aromatic amines is 1. The topological polar surface area (TPSA) is 86.5 Å². The molecule has 0 saturated carbocycles. The molecule has 0 bridgehead atoms. The number of H-pyrrole nitrogens is 1. The number of anilines is 1. The van der Waals surface area contributed by atoms with Crippen molar-refractivity contribution >= 4 is 11.6 Å². The first-order chi connectivity index (χ1) is 14.8. The molecule has 2 aromatic heterocycles. The highest BCUT2D eigenvalue weighted by Gasteiger charge is 2.22. The zero-order valence-corrected chi connectivity index (χ0v) is 19.9. The largest absolute Gasteiger partial charge is 0.393 e. The van der Waals surface area contributed by atoms with Crippen LogP contribution in [0.3, 0.4) is 0 Å². The second-order valence-corrected chi connectivity index (χ2v) is 8.21. The summed E-state index contributed by atoms with van der Waals surface area (Å²) in [5, 5.41) is 12.6. The standard InChI is InChI=1S/C20H25N5O2.2C2H6/c1-20(2,3)14-6-4-13(5-7-14)18-21-16-12-17(27)23-25(16)19(22-18)24-10-8-15(26)9-11-24;2*1-2/h4-7,12,15,26H,8-11H2,1-3H3,(H,23,27);2*1-2H3. The molecule has 1 saturated heterocycles. The fourth-order valence-corrected chi connectivity index (χ4v) is 3.42. The number of rotatable bonds is 2. The molecule has 0 amide bonds. The van der Waals surface area contributed by atoms with Gasteiger partial charge in [-0.3, -0.25) is 9.89 Å². The second kappa shape index (κ2) is 10.6. The fourth-order valence-electron chi connectivity index (χ4n) is 3.42. The first kappa shape index (κ1) is 24.6. The van der Waals surface area contributed by atoms with E-state index in [1.54, 1.807) is 4.52 Å². The minimum absolute atomic E-state index is 0.0804. The summed E-state index contributed by atoms with van der Waals surface area (Å²) in [5.74, 6) is 1.25. The molecule has 31 heavy (non-hydrogen) atoms. The van der Waals surface area contributed by atoms with Crippen molar-refractivity contribution < 1.29 is 5.11 Å². The number of aliphatic hydroxyl groups excluding tert-OH is 1. The molecule has 0 radical (unpaired) electrons. The Hall–Kier alpha value is -2.67. The van der Waals surface area contributed by atoms with Crippen LogP contribution in [0.4, 0.5) is 5.95 Å². The SMILES string of the molecule is CC.CC.CC(C)(C)c1ccc(-c2nc(N3CCC(O)CC3)n3[nH]c(=O)cc3n2)cc1. The lowest BCUT2D eigenvalue weighted by Crippen LogP contribution is -2.37. The molecule has 1 aliphatic heterocycles. The van der Waals surface area contributed by atoms with E-state index in [0.29, 0.717) is 43.4 Å². The van der Waals surface area contributed by atoms with Crippen molar-refractivity contribution in [1.29, 1.82) is 0 Å². The highest BCUT2D eigenvalue weighted by atomic mass is 16.3. The van der Waals surface area contributed by atoms with Crippen LogP contribution >= 0.6 is 0 Å². The zero-order chi connectivity index (χ0) is 23.2. The lowest BCUT2D eigenvalue weighted by molar-refractivity contribution is 0.145. The van der Waals surface area contributed by atoms with E-state index in [9.17, 15) is 9.90 Å². The minimum atomic E-state index is -0.272. The maximum Gasteiger partial charge on any atom is 0.266 e. The summed E-state index contributed by atoms with van der Waals surface area (Å²) < 4.78 is 1.63. The number of hydrogen-bond donors (Lipinski definition) is 2. The van der Waals surface area contributed by atoms with Crippen LogP contribution in [0.5, 0.6) is 0 Å². The Kier molecular flexibility index (Phi) is 8.39. The molecular weight excluding hydrogens is 390 g/mol. The Morgan fingerprint density at radius 3 is 2.13 bits per heavy atom. The maximum absolute atomic E-state index is 11.9. The molecular formula is C24H37N5O2. The number of piperidine rings is 1. The van der Waals surface area contributed by atoms with E-state index in [2.05, 4.69) is 47.9 Å². The van der Waals surface area contributed by atoms with E-state index in [0.717, 1.165) is 5.56 Å². The normalized spacial score (nSPS) is 14.5. The molecule has 4 rings (SSSR count). The van der Waals surface area contributed by atoms with Crippen molar-refractivity contribution in [1.82, 2.24) is 19.6 Å². The van der Waals surface area contributed by atoms with Gasteiger partial charge in [-0.05, 0) is 23.8 Å². The Morgan fingerprint density at radius 2 is 1.58 bits per heavy atom. The van der Waals surface area contributed by atoms with Gasteiger partial charge in [-0.25, -0.2) is 9.50 Å². The molecule has 170 valence electrons. The third-order valence-corrected chi connectivity index (χ3v) is 5.09. The smallest absolute Gasteiger partial charge is 0.266 e. The number of benzene rings is 1. The van der Waals surface area contributed by atoms with Crippen molar-refractivity contribution in [3.63, 3.8) is 0 Å².